The van der Waals surface area contributed by atoms with E-state index in [-0.39, 0.29) is 12.1 Å². The maximum atomic E-state index is 10.7. The minimum Gasteiger partial charge on any atom is -0.478 e. The molecule has 0 unspecified atom stereocenters. The van der Waals surface area contributed by atoms with Crippen LogP contribution in [0, 0.1) is 11.8 Å². The highest BCUT2D eigenvalue weighted by atomic mass is 16.4. The maximum Gasteiger partial charge on any atom is 0.335 e. The molecule has 0 radical (unpaired) electrons. The fourth-order valence-corrected chi connectivity index (χ4v) is 1.11. The van der Waals surface area contributed by atoms with Crippen molar-refractivity contribution in [3.05, 3.63) is 39.8 Å². The van der Waals surface area contributed by atoms with Crippen molar-refractivity contribution < 1.29 is 9.90 Å². The number of aromatic carboxylic acids is 1. The Morgan fingerprint density at radius 2 is 2.35 bits per heavy atom. The van der Waals surface area contributed by atoms with Crippen molar-refractivity contribution in [2.45, 2.75) is 6.42 Å². The third-order valence-electron chi connectivity index (χ3n) is 1.92. The van der Waals surface area contributed by atoms with E-state index in [0.717, 1.165) is 0 Å². The molecule has 6 heteroatoms. The van der Waals surface area contributed by atoms with E-state index in [1.807, 2.05) is 0 Å². The Morgan fingerprint density at radius 3 is 3.00 bits per heavy atom. The number of nitrogen functional groups attached to an aromatic ring is 1. The molecular weight excluding hydrogens is 220 g/mol. The van der Waals surface area contributed by atoms with Crippen LogP contribution in [0.25, 0.3) is 10.4 Å². The molecule has 0 saturated carbocycles. The van der Waals surface area contributed by atoms with Gasteiger partial charge < -0.3 is 10.8 Å². The van der Waals surface area contributed by atoms with E-state index in [4.69, 9.17) is 16.4 Å². The highest BCUT2D eigenvalue weighted by Crippen LogP contribution is 2.13. The summed E-state index contributed by atoms with van der Waals surface area (Å²) in [5.74, 6) is 4.48. The lowest BCUT2D eigenvalue weighted by molar-refractivity contribution is 0.0697. The number of anilines is 1. The molecule has 1 rings (SSSR count). The molecule has 0 fully saturated rings. The van der Waals surface area contributed by atoms with E-state index in [9.17, 15) is 4.79 Å². The number of carboxylic acids is 1. The molecule has 0 aliphatic carbocycles. The predicted molar refractivity (Wildman–Crippen MR) is 63.3 cm³/mol. The fraction of sp³-hybridized carbons (Fsp3) is 0.182. The first-order valence-corrected chi connectivity index (χ1v) is 4.77. The van der Waals surface area contributed by atoms with Crippen molar-refractivity contribution in [1.29, 1.82) is 0 Å². The average Bonchev–Trinajstić information content (AvgIpc) is 2.30. The highest BCUT2D eigenvalue weighted by molar-refractivity contribution is 5.88. The lowest BCUT2D eigenvalue weighted by Gasteiger charge is -1.99. The van der Waals surface area contributed by atoms with Crippen LogP contribution in [0.2, 0.25) is 0 Å². The van der Waals surface area contributed by atoms with E-state index >= 15 is 0 Å². The Bertz CT molecular complexity index is 536. The average molecular weight is 230 g/mol. The van der Waals surface area contributed by atoms with E-state index in [1.54, 1.807) is 0 Å². The number of hydrogen-bond donors (Lipinski definition) is 2. The lowest BCUT2D eigenvalue weighted by atomic mass is 10.1. The van der Waals surface area contributed by atoms with Crippen LogP contribution in [0.15, 0.2) is 23.3 Å². The second-order valence-electron chi connectivity index (χ2n) is 3.11. The van der Waals surface area contributed by atoms with Gasteiger partial charge in [-0.15, -0.1) is 0 Å². The molecule has 3 N–H and O–H groups in total. The molecule has 0 bridgehead atoms. The molecule has 0 saturated heterocycles. The highest BCUT2D eigenvalue weighted by Gasteiger charge is 2.04. The molecule has 1 aromatic rings. The van der Waals surface area contributed by atoms with E-state index in [0.29, 0.717) is 17.7 Å². The number of rotatable bonds is 3. The summed E-state index contributed by atoms with van der Waals surface area (Å²) >= 11 is 0. The molecule has 0 heterocycles. The lowest BCUT2D eigenvalue weighted by Crippen LogP contribution is -1.99. The fourth-order valence-electron chi connectivity index (χ4n) is 1.11. The van der Waals surface area contributed by atoms with Gasteiger partial charge in [0.1, 0.15) is 0 Å². The van der Waals surface area contributed by atoms with Crippen molar-refractivity contribution in [2.24, 2.45) is 5.11 Å². The van der Waals surface area contributed by atoms with Crippen molar-refractivity contribution >= 4 is 11.7 Å². The second-order valence-corrected chi connectivity index (χ2v) is 3.11. The molecule has 0 aromatic heterocycles. The van der Waals surface area contributed by atoms with Crippen LogP contribution in [-0.4, -0.2) is 17.6 Å². The summed E-state index contributed by atoms with van der Waals surface area (Å²) < 4.78 is 0. The summed E-state index contributed by atoms with van der Waals surface area (Å²) in [5.41, 5.74) is 14.7. The molecule has 86 valence electrons. The first-order chi connectivity index (χ1) is 8.15. The van der Waals surface area contributed by atoms with Gasteiger partial charge in [0, 0.05) is 29.1 Å². The Morgan fingerprint density at radius 1 is 1.59 bits per heavy atom. The first-order valence-electron chi connectivity index (χ1n) is 4.77. The Hall–Kier alpha value is -2.64. The summed E-state index contributed by atoms with van der Waals surface area (Å²) in [7, 11) is 0. The van der Waals surface area contributed by atoms with Crippen LogP contribution in [0.4, 0.5) is 5.69 Å². The van der Waals surface area contributed by atoms with Crippen LogP contribution in [0.3, 0.4) is 0 Å². The normalized spacial score (nSPS) is 8.71. The summed E-state index contributed by atoms with van der Waals surface area (Å²) in [6, 6.07) is 4.34. The summed E-state index contributed by atoms with van der Waals surface area (Å²) in [5, 5.41) is 12.1. The molecule has 6 nitrogen and oxygen atoms in total. The zero-order chi connectivity index (χ0) is 12.7. The molecular formula is C11H10N4O2. The number of carboxylic acid groups (broad SMARTS) is 1. The summed E-state index contributed by atoms with van der Waals surface area (Å²) in [6.45, 7) is 0.280. The zero-order valence-electron chi connectivity index (χ0n) is 8.92. The Kier molecular flexibility index (Phi) is 4.43. The van der Waals surface area contributed by atoms with Crippen LogP contribution in [0.5, 0.6) is 0 Å². The predicted octanol–water partition coefficient (Wildman–Crippen LogP) is 2.02. The minimum atomic E-state index is -1.03. The molecule has 1 aromatic carbocycles. The number of nitrogens with zero attached hydrogens (tertiary/aromatic N) is 3. The van der Waals surface area contributed by atoms with Crippen molar-refractivity contribution in [1.82, 2.24) is 0 Å². The van der Waals surface area contributed by atoms with Gasteiger partial charge in [-0.05, 0) is 23.7 Å². The smallest absolute Gasteiger partial charge is 0.335 e. The topological polar surface area (TPSA) is 112 Å². The van der Waals surface area contributed by atoms with Gasteiger partial charge in [0.2, 0.25) is 0 Å². The van der Waals surface area contributed by atoms with E-state index < -0.39 is 5.97 Å². The quantitative estimate of drug-likeness (QED) is 0.207. The Labute approximate surface area is 97.7 Å². The third kappa shape index (κ3) is 3.78. The van der Waals surface area contributed by atoms with Gasteiger partial charge in [0.15, 0.2) is 0 Å². The monoisotopic (exact) mass is 230 g/mol. The van der Waals surface area contributed by atoms with Gasteiger partial charge in [-0.1, -0.05) is 17.0 Å². The van der Waals surface area contributed by atoms with Gasteiger partial charge in [-0.3, -0.25) is 0 Å². The molecule has 0 aliphatic rings. The molecule has 17 heavy (non-hydrogen) atoms. The van der Waals surface area contributed by atoms with Gasteiger partial charge >= 0.3 is 5.97 Å². The molecule has 0 aliphatic heterocycles. The van der Waals surface area contributed by atoms with Gasteiger partial charge in [0.05, 0.1) is 5.56 Å². The Balaban J connectivity index is 2.85. The SMILES string of the molecule is [N-]=[N+]=NCCC#Cc1cc(C(=O)O)ccc1N. The molecule has 0 amide bonds. The van der Waals surface area contributed by atoms with Crippen LogP contribution >= 0.6 is 0 Å². The third-order valence-corrected chi connectivity index (χ3v) is 1.92. The largest absolute Gasteiger partial charge is 0.478 e. The number of nitrogens with two attached hydrogens (primary N) is 1. The van der Waals surface area contributed by atoms with Gasteiger partial charge in [-0.25, -0.2) is 4.79 Å². The van der Waals surface area contributed by atoms with E-state index in [2.05, 4.69) is 21.9 Å². The second kappa shape index (κ2) is 6.05. The van der Waals surface area contributed by atoms with Gasteiger partial charge in [-0.2, -0.15) is 0 Å². The van der Waals surface area contributed by atoms with Crippen molar-refractivity contribution in [3.63, 3.8) is 0 Å². The zero-order valence-corrected chi connectivity index (χ0v) is 8.92. The number of hydrogen-bond acceptors (Lipinski definition) is 3. The van der Waals surface area contributed by atoms with Gasteiger partial charge in [0.25, 0.3) is 0 Å². The molecule has 0 atom stereocenters. The standard InChI is InChI=1S/C11H10N4O2/c12-10-5-4-9(11(16)17)7-8(10)3-1-2-6-14-15-13/h4-5,7H,2,6,12H2,(H,16,17). The van der Waals surface area contributed by atoms with Crippen LogP contribution in [0.1, 0.15) is 22.3 Å². The number of benzene rings is 1. The molecule has 0 spiro atoms. The van der Waals surface area contributed by atoms with Crippen LogP contribution < -0.4 is 5.73 Å². The summed E-state index contributed by atoms with van der Waals surface area (Å²) in [6.07, 6.45) is 0.404. The van der Waals surface area contributed by atoms with Crippen molar-refractivity contribution in [3.8, 4) is 11.8 Å². The maximum absolute atomic E-state index is 10.7. The van der Waals surface area contributed by atoms with Crippen LogP contribution in [-0.2, 0) is 0 Å². The first kappa shape index (κ1) is 12.4. The van der Waals surface area contributed by atoms with Crippen molar-refractivity contribution in [2.75, 3.05) is 12.3 Å². The summed E-state index contributed by atoms with van der Waals surface area (Å²) in [4.78, 5) is 13.3. The minimum absolute atomic E-state index is 0.138. The van der Waals surface area contributed by atoms with E-state index in [1.165, 1.54) is 18.2 Å². The number of carbonyl (C=O) groups is 1. The number of azide groups is 1.